The van der Waals surface area contributed by atoms with Crippen LogP contribution in [0.15, 0.2) is 72.9 Å². The van der Waals surface area contributed by atoms with Gasteiger partial charge in [0, 0.05) is 12.8 Å². The molecule has 0 aliphatic rings. The number of phosphoric acid groups is 1. The van der Waals surface area contributed by atoms with Crippen LogP contribution in [0, 0.1) is 0 Å². The van der Waals surface area contributed by atoms with Crippen molar-refractivity contribution >= 4 is 19.7 Å². The molecule has 0 aromatic heterocycles. The fourth-order valence-corrected chi connectivity index (χ4v) is 9.84. The zero-order chi connectivity index (χ0) is 56.4. The molecule has 448 valence electrons. The number of allylic oxidation sites excluding steroid dienone is 11. The summed E-state index contributed by atoms with van der Waals surface area (Å²) in [7, 11) is 1.46. The minimum absolute atomic E-state index is 0.0286. The highest BCUT2D eigenvalue weighted by Crippen LogP contribution is 2.43. The molecule has 0 saturated heterocycles. The Balaban J connectivity index is 5.19. The molecule has 3 unspecified atom stereocenters. The summed E-state index contributed by atoms with van der Waals surface area (Å²) in [4.78, 5) is 37.7. The third-order valence-corrected chi connectivity index (χ3v) is 15.1. The third-order valence-electron chi connectivity index (χ3n) is 14.1. The van der Waals surface area contributed by atoms with Crippen LogP contribution in [0.3, 0.4) is 0 Å². The first kappa shape index (κ1) is 74.5. The number of hydrogen-bond acceptors (Lipinski definition) is 6. The lowest BCUT2D eigenvalue weighted by Crippen LogP contribution is -2.47. The van der Waals surface area contributed by atoms with Crippen molar-refractivity contribution in [2.24, 2.45) is 0 Å². The predicted molar refractivity (Wildman–Crippen MR) is 332 cm³/mol. The number of nitrogens with zero attached hydrogens (tertiary/aromatic N) is 1. The van der Waals surface area contributed by atoms with Gasteiger partial charge >= 0.3 is 13.8 Å². The van der Waals surface area contributed by atoms with Gasteiger partial charge in [-0.2, -0.15) is 0 Å². The quantitative estimate of drug-likeness (QED) is 0.0205. The smallest absolute Gasteiger partial charge is 0.456 e. The van der Waals surface area contributed by atoms with E-state index in [2.05, 4.69) is 86.8 Å². The first-order valence-electron chi connectivity index (χ1n) is 32.3. The summed E-state index contributed by atoms with van der Waals surface area (Å²) in [6.45, 7) is 6.95. The summed E-state index contributed by atoms with van der Waals surface area (Å²) >= 11 is 0. The second-order valence-corrected chi connectivity index (χ2v) is 24.4. The number of amides is 1. The molecule has 77 heavy (non-hydrogen) atoms. The largest absolute Gasteiger partial charge is 0.472 e. The van der Waals surface area contributed by atoms with Gasteiger partial charge in [-0.05, 0) is 96.0 Å². The monoisotopic (exact) mass is 1100 g/mol. The van der Waals surface area contributed by atoms with E-state index in [9.17, 15) is 19.0 Å². The second-order valence-electron chi connectivity index (χ2n) is 22.9. The van der Waals surface area contributed by atoms with Crippen LogP contribution < -0.4 is 5.32 Å². The molecule has 0 aliphatic carbocycles. The minimum atomic E-state index is -4.46. The SMILES string of the molecule is CCCCC/C=C\C/C=C\C/C=C\C/C=C\CCCC(=O)NC(COP(=O)(O)OCC[N+](C)(C)C)C(/C=C\CCCCCCCCCCC)OC(=O)CCCCCCCCCCCCCCC/C=C/CCCCCCCC. The Labute approximate surface area is 476 Å². The summed E-state index contributed by atoms with van der Waals surface area (Å²) in [5, 5.41) is 3.02. The highest BCUT2D eigenvalue weighted by Gasteiger charge is 2.30. The van der Waals surface area contributed by atoms with Gasteiger partial charge in [0.1, 0.15) is 19.3 Å². The van der Waals surface area contributed by atoms with Crippen LogP contribution in [0.25, 0.3) is 0 Å². The number of esters is 1. The van der Waals surface area contributed by atoms with Gasteiger partial charge in [0.15, 0.2) is 0 Å². The highest BCUT2D eigenvalue weighted by molar-refractivity contribution is 7.47. The molecule has 0 spiro atoms. The van der Waals surface area contributed by atoms with Crippen LogP contribution in [0.5, 0.6) is 0 Å². The van der Waals surface area contributed by atoms with E-state index in [1.165, 1.54) is 186 Å². The fraction of sp³-hybridized carbons (Fsp3) is 0.791. The minimum Gasteiger partial charge on any atom is -0.456 e. The van der Waals surface area contributed by atoms with E-state index in [4.69, 9.17) is 13.8 Å². The van der Waals surface area contributed by atoms with Crippen molar-refractivity contribution in [1.29, 1.82) is 0 Å². The lowest BCUT2D eigenvalue weighted by molar-refractivity contribution is -0.870. The molecule has 0 aliphatic heterocycles. The van der Waals surface area contributed by atoms with Crippen LogP contribution in [-0.2, 0) is 27.9 Å². The number of nitrogens with one attached hydrogen (secondary N) is 1. The van der Waals surface area contributed by atoms with Crippen LogP contribution in [-0.4, -0.2) is 74.3 Å². The van der Waals surface area contributed by atoms with Crippen molar-refractivity contribution in [3.05, 3.63) is 72.9 Å². The van der Waals surface area contributed by atoms with Crippen molar-refractivity contribution in [2.75, 3.05) is 40.9 Å². The summed E-state index contributed by atoms with van der Waals surface area (Å²) in [5.41, 5.74) is 0. The maximum Gasteiger partial charge on any atom is 0.472 e. The molecule has 0 saturated carbocycles. The average molecular weight is 1100 g/mol. The number of unbranched alkanes of at least 4 members (excludes halogenated alkanes) is 32. The number of hydrogen-bond donors (Lipinski definition) is 2. The van der Waals surface area contributed by atoms with Crippen molar-refractivity contribution < 1.29 is 37.3 Å². The van der Waals surface area contributed by atoms with Gasteiger partial charge in [0.05, 0.1) is 33.8 Å². The van der Waals surface area contributed by atoms with Crippen LogP contribution >= 0.6 is 7.82 Å². The normalized spacial score (nSPS) is 14.1. The molecule has 0 fully saturated rings. The first-order valence-corrected chi connectivity index (χ1v) is 33.8. The average Bonchev–Trinajstić information content (AvgIpc) is 3.39. The summed E-state index contributed by atoms with van der Waals surface area (Å²) < 4.78 is 30.7. The second kappa shape index (κ2) is 56.7. The van der Waals surface area contributed by atoms with Gasteiger partial charge in [-0.25, -0.2) is 4.57 Å². The molecule has 0 heterocycles. The Morgan fingerprint density at radius 1 is 0.455 bits per heavy atom. The number of likely N-dealkylation sites (N-methyl/N-ethyl adjacent to an activating group) is 1. The van der Waals surface area contributed by atoms with Crippen LogP contribution in [0.4, 0.5) is 0 Å². The van der Waals surface area contributed by atoms with E-state index in [1.54, 1.807) is 0 Å². The summed E-state index contributed by atoms with van der Waals surface area (Å²) in [6.07, 6.45) is 73.5. The highest BCUT2D eigenvalue weighted by atomic mass is 31.2. The van der Waals surface area contributed by atoms with Gasteiger partial charge in [-0.15, -0.1) is 0 Å². The number of carbonyl (C=O) groups is 2. The topological polar surface area (TPSA) is 111 Å². The molecule has 0 bridgehead atoms. The van der Waals surface area contributed by atoms with Gasteiger partial charge in [-0.3, -0.25) is 18.6 Å². The third kappa shape index (κ3) is 57.9. The molecule has 0 radical (unpaired) electrons. The van der Waals surface area contributed by atoms with E-state index >= 15 is 0 Å². The summed E-state index contributed by atoms with van der Waals surface area (Å²) in [5.74, 6) is -0.567. The molecule has 1 amide bonds. The number of quaternary nitrogens is 1. The van der Waals surface area contributed by atoms with Gasteiger partial charge in [0.2, 0.25) is 5.91 Å². The lowest BCUT2D eigenvalue weighted by atomic mass is 10.0. The zero-order valence-corrected chi connectivity index (χ0v) is 52.1. The van der Waals surface area contributed by atoms with Crippen molar-refractivity contribution in [3.63, 3.8) is 0 Å². The van der Waals surface area contributed by atoms with E-state index in [-0.39, 0.29) is 37.9 Å². The zero-order valence-electron chi connectivity index (χ0n) is 51.2. The molecule has 9 nitrogen and oxygen atoms in total. The molecular formula is C67H124N2O7P+. The number of carbonyl (C=O) groups excluding carboxylic acids is 2. The first-order chi connectivity index (χ1) is 37.4. The van der Waals surface area contributed by atoms with Crippen molar-refractivity contribution in [1.82, 2.24) is 5.32 Å². The fourth-order valence-electron chi connectivity index (χ4n) is 9.10. The maximum absolute atomic E-state index is 13.5. The van der Waals surface area contributed by atoms with Crippen LogP contribution in [0.2, 0.25) is 0 Å². The number of rotatable bonds is 58. The van der Waals surface area contributed by atoms with Gasteiger partial charge in [0.25, 0.3) is 0 Å². The van der Waals surface area contributed by atoms with E-state index in [0.717, 1.165) is 64.2 Å². The Morgan fingerprint density at radius 3 is 1.25 bits per heavy atom. The molecule has 10 heteroatoms. The van der Waals surface area contributed by atoms with Crippen LogP contribution in [0.1, 0.15) is 290 Å². The Bertz CT molecular complexity index is 1550. The molecular weight excluding hydrogens is 976 g/mol. The Morgan fingerprint density at radius 2 is 0.805 bits per heavy atom. The molecule has 0 aromatic carbocycles. The van der Waals surface area contributed by atoms with Crippen molar-refractivity contribution in [3.8, 4) is 0 Å². The van der Waals surface area contributed by atoms with E-state index in [1.807, 2.05) is 33.3 Å². The molecule has 0 rings (SSSR count). The van der Waals surface area contributed by atoms with Gasteiger partial charge in [-0.1, -0.05) is 255 Å². The lowest BCUT2D eigenvalue weighted by Gasteiger charge is -2.27. The van der Waals surface area contributed by atoms with Gasteiger partial charge < -0.3 is 19.4 Å². The number of ether oxygens (including phenoxy) is 1. The maximum atomic E-state index is 13.5. The predicted octanol–water partition coefficient (Wildman–Crippen LogP) is 20.0. The Kier molecular flexibility index (Phi) is 54.8. The molecule has 3 atom stereocenters. The summed E-state index contributed by atoms with van der Waals surface area (Å²) in [6, 6.07) is -0.878. The van der Waals surface area contributed by atoms with E-state index < -0.39 is 20.0 Å². The van der Waals surface area contributed by atoms with Crippen molar-refractivity contribution in [2.45, 2.75) is 303 Å². The van der Waals surface area contributed by atoms with E-state index in [0.29, 0.717) is 17.4 Å². The molecule has 0 aromatic rings. The standard InChI is InChI=1S/C67H123N2O7P/c1-7-10-13-16-19-22-25-27-29-31-32-33-34-35-36-38-40-42-45-48-51-54-57-60-67(71)76-65(58-55-52-49-46-43-24-21-18-15-12-9-3)64(63-75-77(72,73)74-62-61-69(4,5)6)68-66(70)59-56-53-50-47-44-41-39-37-30-28-26-23-20-17-14-11-8-2/h20,23,27-30,39,41,47,50,55,58,64-65H,7-19,21-22,24-26,31-38,40,42-46,48-49,51-54,56-57,59-63H2,1-6H3,(H-,68,70,72,73)/p+1/b23-20-,29-27+,30-28-,41-39-,50-47-,58-55-. The Hall–Kier alpha value is -2.55. The number of phosphoric ester groups is 1. The molecule has 2 N–H and O–H groups in total.